The standard InChI is InChI=1S/C20H26O/c1-14(2)17-7-5-16(6-8-17)13-20(21)19-11-9-18(10-12-19)15(3)4/h5-12,14-15,20-21H,13H2,1-4H3. The van der Waals surface area contributed by atoms with E-state index < -0.39 is 6.10 Å². The van der Waals surface area contributed by atoms with Crippen molar-refractivity contribution < 1.29 is 5.11 Å². The number of hydrogen-bond acceptors (Lipinski definition) is 1. The van der Waals surface area contributed by atoms with Crippen molar-refractivity contribution in [3.05, 3.63) is 70.8 Å². The van der Waals surface area contributed by atoms with Crippen molar-refractivity contribution >= 4 is 0 Å². The number of aliphatic hydroxyl groups is 1. The molecule has 1 atom stereocenters. The van der Waals surface area contributed by atoms with E-state index >= 15 is 0 Å². The highest BCUT2D eigenvalue weighted by Crippen LogP contribution is 2.22. The molecule has 21 heavy (non-hydrogen) atoms. The van der Waals surface area contributed by atoms with E-state index in [1.807, 2.05) is 12.1 Å². The van der Waals surface area contributed by atoms with E-state index in [1.165, 1.54) is 16.7 Å². The van der Waals surface area contributed by atoms with E-state index in [-0.39, 0.29) is 0 Å². The third-order valence-electron chi connectivity index (χ3n) is 4.06. The molecule has 2 aromatic carbocycles. The van der Waals surface area contributed by atoms with E-state index in [2.05, 4.69) is 64.1 Å². The van der Waals surface area contributed by atoms with Gasteiger partial charge in [0.25, 0.3) is 0 Å². The molecule has 1 nitrogen and oxygen atoms in total. The lowest BCUT2D eigenvalue weighted by molar-refractivity contribution is 0.178. The Morgan fingerprint density at radius 2 is 1.05 bits per heavy atom. The van der Waals surface area contributed by atoms with Gasteiger partial charge in [-0.3, -0.25) is 0 Å². The summed E-state index contributed by atoms with van der Waals surface area (Å²) in [5.74, 6) is 1.08. The first kappa shape index (κ1) is 15.8. The van der Waals surface area contributed by atoms with Crippen LogP contribution in [0.1, 0.15) is 67.9 Å². The largest absolute Gasteiger partial charge is 0.388 e. The van der Waals surface area contributed by atoms with Gasteiger partial charge >= 0.3 is 0 Å². The van der Waals surface area contributed by atoms with Crippen molar-refractivity contribution in [2.24, 2.45) is 0 Å². The molecule has 2 rings (SSSR count). The highest BCUT2D eigenvalue weighted by molar-refractivity contribution is 5.29. The first-order valence-corrected chi connectivity index (χ1v) is 7.84. The molecular weight excluding hydrogens is 256 g/mol. The molecule has 0 radical (unpaired) electrons. The summed E-state index contributed by atoms with van der Waals surface area (Å²) in [5.41, 5.74) is 4.83. The number of aliphatic hydroxyl groups excluding tert-OH is 1. The Bertz CT molecular complexity index is 549. The minimum Gasteiger partial charge on any atom is -0.388 e. The van der Waals surface area contributed by atoms with Crippen LogP contribution in [0.25, 0.3) is 0 Å². The summed E-state index contributed by atoms with van der Waals surface area (Å²) in [6, 6.07) is 16.9. The smallest absolute Gasteiger partial charge is 0.0830 e. The van der Waals surface area contributed by atoms with Gasteiger partial charge in [-0.15, -0.1) is 0 Å². The maximum absolute atomic E-state index is 10.4. The minimum absolute atomic E-state index is 0.434. The Morgan fingerprint density at radius 1 is 0.667 bits per heavy atom. The average molecular weight is 282 g/mol. The van der Waals surface area contributed by atoms with Crippen LogP contribution in [0.3, 0.4) is 0 Å². The monoisotopic (exact) mass is 282 g/mol. The molecule has 0 bridgehead atoms. The predicted molar refractivity (Wildman–Crippen MR) is 89.7 cm³/mol. The zero-order valence-corrected chi connectivity index (χ0v) is 13.5. The van der Waals surface area contributed by atoms with Crippen LogP contribution in [0.4, 0.5) is 0 Å². The molecular formula is C20H26O. The number of rotatable bonds is 5. The van der Waals surface area contributed by atoms with Crippen LogP contribution in [-0.4, -0.2) is 5.11 Å². The van der Waals surface area contributed by atoms with Crippen LogP contribution in [0, 0.1) is 0 Å². The Kier molecular flexibility index (Phi) is 5.19. The van der Waals surface area contributed by atoms with E-state index in [1.54, 1.807) is 0 Å². The number of hydrogen-bond donors (Lipinski definition) is 1. The maximum Gasteiger partial charge on any atom is 0.0830 e. The van der Waals surface area contributed by atoms with E-state index in [0.29, 0.717) is 18.3 Å². The van der Waals surface area contributed by atoms with Gasteiger partial charge in [-0.2, -0.15) is 0 Å². The summed E-state index contributed by atoms with van der Waals surface area (Å²) in [5, 5.41) is 10.4. The fourth-order valence-corrected chi connectivity index (χ4v) is 2.48. The molecule has 1 N–H and O–H groups in total. The molecule has 0 aliphatic heterocycles. The second kappa shape index (κ2) is 6.91. The predicted octanol–water partition coefficient (Wildman–Crippen LogP) is 5.21. The lowest BCUT2D eigenvalue weighted by Crippen LogP contribution is -2.02. The molecule has 0 saturated carbocycles. The third kappa shape index (κ3) is 4.18. The summed E-state index contributed by atoms with van der Waals surface area (Å²) >= 11 is 0. The molecule has 0 heterocycles. The molecule has 2 aromatic rings. The molecule has 112 valence electrons. The highest BCUT2D eigenvalue weighted by Gasteiger charge is 2.09. The van der Waals surface area contributed by atoms with Crippen molar-refractivity contribution in [1.82, 2.24) is 0 Å². The highest BCUT2D eigenvalue weighted by atomic mass is 16.3. The third-order valence-corrected chi connectivity index (χ3v) is 4.06. The molecule has 0 aliphatic rings. The molecule has 1 unspecified atom stereocenters. The summed E-state index contributed by atoms with van der Waals surface area (Å²) in [6.07, 6.45) is 0.232. The Morgan fingerprint density at radius 3 is 1.48 bits per heavy atom. The molecule has 0 aromatic heterocycles. The maximum atomic E-state index is 10.4. The minimum atomic E-state index is -0.434. The first-order valence-electron chi connectivity index (χ1n) is 7.84. The Hall–Kier alpha value is -1.60. The summed E-state index contributed by atoms with van der Waals surface area (Å²) < 4.78 is 0. The molecule has 0 spiro atoms. The molecule has 0 amide bonds. The lowest BCUT2D eigenvalue weighted by atomic mass is 9.96. The molecule has 0 saturated heterocycles. The van der Waals surface area contributed by atoms with Gasteiger partial charge in [0.1, 0.15) is 0 Å². The van der Waals surface area contributed by atoms with Crippen molar-refractivity contribution in [3.8, 4) is 0 Å². The molecule has 0 aliphatic carbocycles. The van der Waals surface area contributed by atoms with Gasteiger partial charge in [0, 0.05) is 6.42 Å². The Balaban J connectivity index is 2.04. The summed E-state index contributed by atoms with van der Waals surface area (Å²) in [6.45, 7) is 8.75. The van der Waals surface area contributed by atoms with Crippen molar-refractivity contribution in [3.63, 3.8) is 0 Å². The van der Waals surface area contributed by atoms with Crippen LogP contribution in [-0.2, 0) is 6.42 Å². The van der Waals surface area contributed by atoms with Gasteiger partial charge in [0.2, 0.25) is 0 Å². The summed E-state index contributed by atoms with van der Waals surface area (Å²) in [7, 11) is 0. The van der Waals surface area contributed by atoms with Crippen LogP contribution in [0.5, 0.6) is 0 Å². The second-order valence-electron chi connectivity index (χ2n) is 6.44. The lowest BCUT2D eigenvalue weighted by Gasteiger charge is -2.14. The Labute approximate surface area is 128 Å². The normalized spacial score (nSPS) is 12.9. The van der Waals surface area contributed by atoms with Gasteiger partial charge in [-0.25, -0.2) is 0 Å². The quantitative estimate of drug-likeness (QED) is 0.798. The van der Waals surface area contributed by atoms with E-state index in [0.717, 1.165) is 5.56 Å². The fraction of sp³-hybridized carbons (Fsp3) is 0.400. The fourth-order valence-electron chi connectivity index (χ4n) is 2.48. The first-order chi connectivity index (χ1) is 9.97. The van der Waals surface area contributed by atoms with Gasteiger partial charge in [0.05, 0.1) is 6.10 Å². The van der Waals surface area contributed by atoms with Gasteiger partial charge in [-0.1, -0.05) is 76.2 Å². The van der Waals surface area contributed by atoms with Crippen molar-refractivity contribution in [2.45, 2.75) is 52.1 Å². The van der Waals surface area contributed by atoms with Crippen molar-refractivity contribution in [1.29, 1.82) is 0 Å². The van der Waals surface area contributed by atoms with E-state index in [4.69, 9.17) is 0 Å². The SMILES string of the molecule is CC(C)c1ccc(CC(O)c2ccc(C(C)C)cc2)cc1. The molecule has 1 heteroatoms. The zero-order chi connectivity index (χ0) is 15.4. The topological polar surface area (TPSA) is 20.2 Å². The number of benzene rings is 2. The van der Waals surface area contributed by atoms with Gasteiger partial charge in [-0.05, 0) is 34.1 Å². The van der Waals surface area contributed by atoms with Gasteiger partial charge in [0.15, 0.2) is 0 Å². The molecule has 0 fully saturated rings. The van der Waals surface area contributed by atoms with Crippen LogP contribution in [0.2, 0.25) is 0 Å². The van der Waals surface area contributed by atoms with E-state index in [9.17, 15) is 5.11 Å². The summed E-state index contributed by atoms with van der Waals surface area (Å²) in [4.78, 5) is 0. The average Bonchev–Trinajstić information content (AvgIpc) is 2.47. The second-order valence-corrected chi connectivity index (χ2v) is 6.44. The zero-order valence-electron chi connectivity index (χ0n) is 13.5. The van der Waals surface area contributed by atoms with Crippen molar-refractivity contribution in [2.75, 3.05) is 0 Å². The van der Waals surface area contributed by atoms with Crippen LogP contribution >= 0.6 is 0 Å². The van der Waals surface area contributed by atoms with Crippen LogP contribution < -0.4 is 0 Å². The van der Waals surface area contributed by atoms with Gasteiger partial charge < -0.3 is 5.11 Å². The van der Waals surface area contributed by atoms with Crippen LogP contribution in [0.15, 0.2) is 48.5 Å².